The minimum atomic E-state index is -0.406. The molecule has 0 N–H and O–H groups in total. The Balaban J connectivity index is 1.20. The van der Waals surface area contributed by atoms with Crippen molar-refractivity contribution in [2.45, 2.75) is 30.6 Å². The van der Waals surface area contributed by atoms with Gasteiger partial charge in [-0.3, -0.25) is 0 Å². The summed E-state index contributed by atoms with van der Waals surface area (Å²) >= 11 is 0. The zero-order valence-corrected chi connectivity index (χ0v) is 27.9. The second-order valence-electron chi connectivity index (χ2n) is 15.4. The lowest BCUT2D eigenvalue weighted by atomic mass is 9.70. The molecule has 1 unspecified atom stereocenters. The molecule has 10 aromatic rings. The Morgan fingerprint density at radius 1 is 0.490 bits per heavy atom. The van der Waals surface area contributed by atoms with Crippen LogP contribution in [0.5, 0.6) is 0 Å². The van der Waals surface area contributed by atoms with Crippen molar-refractivity contribution >= 4 is 49.0 Å². The first-order valence-corrected chi connectivity index (χ1v) is 18.5. The second kappa shape index (κ2) is 8.42. The maximum absolute atomic E-state index is 2.66. The van der Waals surface area contributed by atoms with Crippen LogP contribution in [-0.2, 0) is 11.8 Å². The van der Waals surface area contributed by atoms with E-state index in [0.717, 1.165) is 6.42 Å². The number of hydrogen-bond acceptors (Lipinski definition) is 0. The molecular formula is C49H30N2. The molecule has 0 saturated heterocycles. The van der Waals surface area contributed by atoms with Crippen molar-refractivity contribution in [3.8, 4) is 27.9 Å². The van der Waals surface area contributed by atoms with Gasteiger partial charge in [-0.1, -0.05) is 103 Å². The number of hydrogen-bond donors (Lipinski definition) is 0. The Bertz CT molecular complexity index is 3190. The summed E-state index contributed by atoms with van der Waals surface area (Å²) in [6.45, 7) is 0. The molecule has 236 valence electrons. The lowest BCUT2D eigenvalue weighted by molar-refractivity contribution is 0.619. The predicted octanol–water partition coefficient (Wildman–Crippen LogP) is 11.9. The van der Waals surface area contributed by atoms with Gasteiger partial charge < -0.3 is 8.97 Å². The van der Waals surface area contributed by atoms with Crippen molar-refractivity contribution in [2.24, 2.45) is 0 Å². The molecule has 0 amide bonds. The molecule has 0 radical (unpaired) electrons. The molecule has 2 nitrogen and oxygen atoms in total. The van der Waals surface area contributed by atoms with Crippen molar-refractivity contribution in [1.82, 2.24) is 8.97 Å². The number of para-hydroxylation sites is 3. The minimum Gasteiger partial charge on any atom is -0.312 e. The maximum Gasteiger partial charge on any atom is 0.0726 e. The van der Waals surface area contributed by atoms with Crippen LogP contribution in [0.2, 0.25) is 0 Å². The van der Waals surface area contributed by atoms with Gasteiger partial charge in [0.25, 0.3) is 0 Å². The Labute approximate surface area is 294 Å². The van der Waals surface area contributed by atoms with Crippen LogP contribution in [0.1, 0.15) is 57.8 Å². The van der Waals surface area contributed by atoms with E-state index in [4.69, 9.17) is 0 Å². The van der Waals surface area contributed by atoms with E-state index < -0.39 is 5.41 Å². The van der Waals surface area contributed by atoms with Crippen LogP contribution in [0.25, 0.3) is 76.9 Å². The van der Waals surface area contributed by atoms with Gasteiger partial charge in [-0.15, -0.1) is 0 Å². The molecule has 0 bridgehead atoms. The highest BCUT2D eigenvalue weighted by Gasteiger charge is 2.52. The Morgan fingerprint density at radius 2 is 1.18 bits per heavy atom. The first-order chi connectivity index (χ1) is 25.3. The number of nitrogens with zero attached hydrogens (tertiary/aromatic N) is 2. The van der Waals surface area contributed by atoms with Gasteiger partial charge in [-0.2, -0.15) is 0 Å². The highest BCUT2D eigenvalue weighted by atomic mass is 15.0. The summed E-state index contributed by atoms with van der Waals surface area (Å²) in [5, 5.41) is 6.80. The van der Waals surface area contributed by atoms with Crippen molar-refractivity contribution in [3.63, 3.8) is 0 Å². The van der Waals surface area contributed by atoms with E-state index >= 15 is 0 Å². The van der Waals surface area contributed by atoms with Crippen molar-refractivity contribution in [3.05, 3.63) is 179 Å². The van der Waals surface area contributed by atoms with Crippen LogP contribution < -0.4 is 0 Å². The fourth-order valence-corrected chi connectivity index (χ4v) is 11.7. The number of aryl methyl sites for hydroxylation is 1. The van der Waals surface area contributed by atoms with E-state index in [1.807, 2.05) is 0 Å². The van der Waals surface area contributed by atoms with E-state index in [1.54, 1.807) is 11.3 Å². The zero-order chi connectivity index (χ0) is 32.7. The lowest BCUT2D eigenvalue weighted by Gasteiger charge is -2.30. The average molecular weight is 647 g/mol. The average Bonchev–Trinajstić information content (AvgIpc) is 4.00. The van der Waals surface area contributed by atoms with Crippen molar-refractivity contribution < 1.29 is 0 Å². The summed E-state index contributed by atoms with van der Waals surface area (Å²) in [6.07, 6.45) is 3.63. The molecule has 14 rings (SSSR count). The van der Waals surface area contributed by atoms with Crippen LogP contribution in [0.15, 0.2) is 140 Å². The largest absolute Gasteiger partial charge is 0.312 e. The van der Waals surface area contributed by atoms with Crippen LogP contribution in [0.3, 0.4) is 0 Å². The van der Waals surface area contributed by atoms with E-state index in [1.165, 1.54) is 118 Å². The second-order valence-corrected chi connectivity index (χ2v) is 15.4. The Morgan fingerprint density at radius 3 is 2.04 bits per heavy atom. The fraction of sp³-hybridized carbons (Fsp3) is 0.102. The first kappa shape index (κ1) is 25.8. The van der Waals surface area contributed by atoms with Gasteiger partial charge in [-0.25, -0.2) is 0 Å². The third-order valence-corrected chi connectivity index (χ3v) is 13.5. The molecule has 3 aromatic heterocycles. The molecule has 2 heteroatoms. The molecule has 0 saturated carbocycles. The molecule has 4 aliphatic rings. The summed E-state index contributed by atoms with van der Waals surface area (Å²) in [5.41, 5.74) is 22.1. The summed E-state index contributed by atoms with van der Waals surface area (Å²) in [5.74, 6) is 0.493. The highest BCUT2D eigenvalue weighted by molar-refractivity contribution is 6.24. The lowest BCUT2D eigenvalue weighted by Crippen LogP contribution is -2.25. The van der Waals surface area contributed by atoms with E-state index in [-0.39, 0.29) is 0 Å². The molecule has 4 heterocycles. The van der Waals surface area contributed by atoms with E-state index in [0.29, 0.717) is 5.92 Å². The van der Waals surface area contributed by atoms with Gasteiger partial charge in [0.05, 0.1) is 27.5 Å². The Hall–Kier alpha value is -6.12. The van der Waals surface area contributed by atoms with Crippen molar-refractivity contribution in [1.29, 1.82) is 0 Å². The number of aromatic nitrogens is 2. The molecule has 1 aliphatic heterocycles. The normalized spacial score (nSPS) is 17.1. The van der Waals surface area contributed by atoms with Crippen LogP contribution in [-0.4, -0.2) is 8.97 Å². The van der Waals surface area contributed by atoms with E-state index in [9.17, 15) is 0 Å². The first-order valence-electron chi connectivity index (χ1n) is 18.5. The van der Waals surface area contributed by atoms with Crippen LogP contribution >= 0.6 is 0 Å². The third-order valence-electron chi connectivity index (χ3n) is 13.5. The van der Waals surface area contributed by atoms with Crippen LogP contribution in [0, 0.1) is 0 Å². The van der Waals surface area contributed by atoms with E-state index in [2.05, 4.69) is 148 Å². The molecule has 51 heavy (non-hydrogen) atoms. The van der Waals surface area contributed by atoms with Gasteiger partial charge in [0.2, 0.25) is 0 Å². The van der Waals surface area contributed by atoms with Gasteiger partial charge in [0, 0.05) is 44.2 Å². The summed E-state index contributed by atoms with van der Waals surface area (Å²) in [4.78, 5) is 0. The molecule has 0 fully saturated rings. The Kier molecular flexibility index (Phi) is 4.26. The smallest absolute Gasteiger partial charge is 0.0726 e. The number of fused-ring (bicyclic) bond motifs is 22. The summed E-state index contributed by atoms with van der Waals surface area (Å²) in [6, 6.07) is 53.9. The monoisotopic (exact) mass is 646 g/mol. The topological polar surface area (TPSA) is 9.34 Å². The quantitative estimate of drug-likeness (QED) is 0.155. The number of benzene rings is 7. The van der Waals surface area contributed by atoms with Crippen molar-refractivity contribution in [2.75, 3.05) is 0 Å². The van der Waals surface area contributed by atoms with Gasteiger partial charge in [-0.05, 0) is 111 Å². The minimum absolute atomic E-state index is 0.406. The number of rotatable bonds is 0. The van der Waals surface area contributed by atoms with Gasteiger partial charge in [0.1, 0.15) is 0 Å². The SMILES string of the molecule is c1ccc2c(c1)-c1ccccc1C21c2cc3c4cccc5c6ccccc6n(c3cc2-c2cc3c6c7n(c3cc21)-c1ccccc1C7CCC6)c54. The molecule has 7 aromatic carbocycles. The van der Waals surface area contributed by atoms with Gasteiger partial charge in [0.15, 0.2) is 0 Å². The fourth-order valence-electron chi connectivity index (χ4n) is 11.7. The summed E-state index contributed by atoms with van der Waals surface area (Å²) in [7, 11) is 0. The highest BCUT2D eigenvalue weighted by Crippen LogP contribution is 2.65. The standard InChI is InChI=1S/C49H30N2/c1-5-19-39-27(11-1)28-12-2-6-20-40(28)49(39)41-24-38-34-18-10-16-32-29-13-3-7-21-43(29)50(48(32)34)45(38)25-36(41)35-23-37-33-17-9-15-31-30-14-4-8-22-44(30)51(47(31)33)46(37)26-42(35)49/h1-8,10-14,16,18-26,31H,9,15,17H2. The van der Waals surface area contributed by atoms with Crippen LogP contribution in [0.4, 0.5) is 0 Å². The van der Waals surface area contributed by atoms with Gasteiger partial charge >= 0.3 is 0 Å². The third kappa shape index (κ3) is 2.67. The zero-order valence-electron chi connectivity index (χ0n) is 27.9. The summed E-state index contributed by atoms with van der Waals surface area (Å²) < 4.78 is 5.21. The maximum atomic E-state index is 2.66. The molecule has 1 atom stereocenters. The molecule has 1 spiro atoms. The predicted molar refractivity (Wildman–Crippen MR) is 209 cm³/mol. The molecular weight excluding hydrogens is 617 g/mol. The molecule has 3 aliphatic carbocycles.